The van der Waals surface area contributed by atoms with Gasteiger partial charge in [-0.05, 0) is 59.8 Å². The highest BCUT2D eigenvalue weighted by molar-refractivity contribution is 8.18. The van der Waals surface area contributed by atoms with E-state index in [4.69, 9.17) is 0 Å². The van der Waals surface area contributed by atoms with Gasteiger partial charge in [-0.15, -0.1) is 0 Å². The molecule has 2 aromatic carbocycles. The van der Waals surface area contributed by atoms with Crippen molar-refractivity contribution in [2.24, 2.45) is 4.99 Å². The van der Waals surface area contributed by atoms with Gasteiger partial charge in [-0.3, -0.25) is 4.79 Å². The van der Waals surface area contributed by atoms with Gasteiger partial charge in [-0.1, -0.05) is 6.07 Å². The van der Waals surface area contributed by atoms with E-state index >= 15 is 0 Å². The second-order valence-electron chi connectivity index (χ2n) is 4.71. The van der Waals surface area contributed by atoms with E-state index in [0.29, 0.717) is 21.3 Å². The van der Waals surface area contributed by atoms with Gasteiger partial charge in [-0.2, -0.15) is 0 Å². The highest BCUT2D eigenvalue weighted by Gasteiger charge is 2.23. The van der Waals surface area contributed by atoms with E-state index in [9.17, 15) is 19.4 Å². The fourth-order valence-corrected chi connectivity index (χ4v) is 2.74. The molecule has 0 aliphatic carbocycles. The van der Waals surface area contributed by atoms with Crippen LogP contribution < -0.4 is 5.32 Å². The summed E-state index contributed by atoms with van der Waals surface area (Å²) in [6, 6.07) is 9.86. The van der Waals surface area contributed by atoms with Crippen LogP contribution in [0.3, 0.4) is 0 Å². The number of nitrogens with one attached hydrogen (secondary N) is 1. The van der Waals surface area contributed by atoms with Crippen LogP contribution in [0.25, 0.3) is 6.08 Å². The van der Waals surface area contributed by atoms with Gasteiger partial charge in [-0.25, -0.2) is 9.38 Å². The lowest BCUT2D eigenvalue weighted by Crippen LogP contribution is -2.19. The fourth-order valence-electron chi connectivity index (χ4n) is 1.90. The molecule has 5 nitrogen and oxygen atoms in total. The van der Waals surface area contributed by atoms with Crippen molar-refractivity contribution in [1.82, 2.24) is 5.32 Å². The maximum absolute atomic E-state index is 12.9. The number of nitrogens with zero attached hydrogens (tertiary/aromatic N) is 1. The first-order valence-electron chi connectivity index (χ1n) is 6.58. The molecule has 1 amide bonds. The molecule has 0 atom stereocenters. The third-order valence-corrected chi connectivity index (χ3v) is 3.92. The van der Waals surface area contributed by atoms with E-state index in [1.165, 1.54) is 36.4 Å². The third-order valence-electron chi connectivity index (χ3n) is 3.01. The molecule has 0 bridgehead atoms. The minimum Gasteiger partial charge on any atom is -0.504 e. The molecule has 1 fully saturated rings. The van der Waals surface area contributed by atoms with E-state index < -0.39 is 0 Å². The number of carbonyl (C=O) groups excluding carboxylic acids is 1. The summed E-state index contributed by atoms with van der Waals surface area (Å²) in [5.41, 5.74) is 1.10. The highest BCUT2D eigenvalue weighted by atomic mass is 32.2. The Morgan fingerprint density at radius 2 is 1.83 bits per heavy atom. The average Bonchev–Trinajstić information content (AvgIpc) is 2.85. The number of hydrogen-bond acceptors (Lipinski definition) is 5. The maximum atomic E-state index is 12.9. The van der Waals surface area contributed by atoms with Crippen molar-refractivity contribution in [1.29, 1.82) is 0 Å². The monoisotopic (exact) mass is 330 g/mol. The number of hydrogen-bond donors (Lipinski definition) is 3. The van der Waals surface area contributed by atoms with Crippen molar-refractivity contribution in [3.63, 3.8) is 0 Å². The lowest BCUT2D eigenvalue weighted by Gasteiger charge is -1.99. The quantitative estimate of drug-likeness (QED) is 0.584. The molecule has 3 rings (SSSR count). The van der Waals surface area contributed by atoms with Gasteiger partial charge in [0.15, 0.2) is 16.7 Å². The van der Waals surface area contributed by atoms with Gasteiger partial charge in [0.2, 0.25) is 0 Å². The number of phenolic OH excluding ortho intramolecular Hbond substituents is 2. The van der Waals surface area contributed by atoms with Crippen LogP contribution in [0.15, 0.2) is 52.4 Å². The molecular formula is C16H11FN2O3S. The SMILES string of the molecule is O=C1NC(=Nc2ccc(F)cc2)S/C1=C\c1ccc(O)c(O)c1. The van der Waals surface area contributed by atoms with Gasteiger partial charge in [0.25, 0.3) is 5.91 Å². The summed E-state index contributed by atoms with van der Waals surface area (Å²) in [4.78, 5) is 16.6. The molecule has 2 aromatic rings. The van der Waals surface area contributed by atoms with Crippen LogP contribution >= 0.6 is 11.8 Å². The lowest BCUT2D eigenvalue weighted by atomic mass is 10.2. The van der Waals surface area contributed by atoms with Crippen LogP contribution in [0, 0.1) is 5.82 Å². The Kier molecular flexibility index (Phi) is 4.03. The summed E-state index contributed by atoms with van der Waals surface area (Å²) in [6.45, 7) is 0. The van der Waals surface area contributed by atoms with Crippen molar-refractivity contribution >= 4 is 34.6 Å². The minimum atomic E-state index is -0.357. The molecule has 23 heavy (non-hydrogen) atoms. The van der Waals surface area contributed by atoms with Crippen molar-refractivity contribution < 1.29 is 19.4 Å². The zero-order chi connectivity index (χ0) is 16.4. The number of rotatable bonds is 2. The molecule has 0 aromatic heterocycles. The molecule has 1 aliphatic rings. The molecule has 7 heteroatoms. The Morgan fingerprint density at radius 1 is 1.09 bits per heavy atom. The number of benzene rings is 2. The van der Waals surface area contributed by atoms with Gasteiger partial charge in [0, 0.05) is 0 Å². The Balaban J connectivity index is 1.83. The standard InChI is InChI=1S/C16H11FN2O3S/c17-10-2-4-11(5-3-10)18-16-19-15(22)14(23-16)8-9-1-6-12(20)13(21)7-9/h1-8,20-21H,(H,18,19,22)/b14-8-. The minimum absolute atomic E-state index is 0.228. The Hall–Kier alpha value is -2.80. The van der Waals surface area contributed by atoms with E-state index in [1.54, 1.807) is 12.1 Å². The van der Waals surface area contributed by atoms with Crippen LogP contribution in [-0.4, -0.2) is 21.3 Å². The summed E-state index contributed by atoms with van der Waals surface area (Å²) in [5.74, 6) is -1.16. The van der Waals surface area contributed by atoms with Gasteiger partial charge < -0.3 is 15.5 Å². The molecule has 0 spiro atoms. The average molecular weight is 330 g/mol. The topological polar surface area (TPSA) is 81.9 Å². The molecule has 1 aliphatic heterocycles. The zero-order valence-corrected chi connectivity index (χ0v) is 12.5. The number of thioether (sulfide) groups is 1. The van der Waals surface area contributed by atoms with Crippen LogP contribution in [0.2, 0.25) is 0 Å². The predicted octanol–water partition coefficient (Wildman–Crippen LogP) is 3.13. The molecule has 0 radical (unpaired) electrons. The number of amides is 1. The van der Waals surface area contributed by atoms with Gasteiger partial charge >= 0.3 is 0 Å². The fraction of sp³-hybridized carbons (Fsp3) is 0. The van der Waals surface area contributed by atoms with Crippen molar-refractivity contribution in [3.8, 4) is 11.5 Å². The zero-order valence-electron chi connectivity index (χ0n) is 11.7. The number of halogens is 1. The second-order valence-corrected chi connectivity index (χ2v) is 5.74. The summed E-state index contributed by atoms with van der Waals surface area (Å²) in [7, 11) is 0. The Labute approximate surface area is 135 Å². The van der Waals surface area contributed by atoms with Crippen LogP contribution in [0.1, 0.15) is 5.56 Å². The first kappa shape index (κ1) is 15.1. The first-order chi connectivity index (χ1) is 11.0. The van der Waals surface area contributed by atoms with E-state index in [-0.39, 0.29) is 23.2 Å². The second kappa shape index (κ2) is 6.13. The lowest BCUT2D eigenvalue weighted by molar-refractivity contribution is -0.115. The van der Waals surface area contributed by atoms with E-state index in [1.807, 2.05) is 0 Å². The number of carbonyl (C=O) groups is 1. The largest absolute Gasteiger partial charge is 0.504 e. The van der Waals surface area contributed by atoms with Crippen LogP contribution in [0.5, 0.6) is 11.5 Å². The summed E-state index contributed by atoms with van der Waals surface area (Å²) < 4.78 is 12.9. The van der Waals surface area contributed by atoms with Crippen molar-refractivity contribution in [2.45, 2.75) is 0 Å². The Bertz CT molecular complexity index is 832. The maximum Gasteiger partial charge on any atom is 0.264 e. The number of amidine groups is 1. The molecule has 1 heterocycles. The molecule has 0 saturated carbocycles. The number of phenols is 2. The van der Waals surface area contributed by atoms with Crippen LogP contribution in [-0.2, 0) is 4.79 Å². The molecule has 3 N–H and O–H groups in total. The highest BCUT2D eigenvalue weighted by Crippen LogP contribution is 2.30. The molecule has 0 unspecified atom stereocenters. The summed E-state index contributed by atoms with van der Waals surface area (Å²) in [6.07, 6.45) is 1.58. The van der Waals surface area contributed by atoms with Gasteiger partial charge in [0.1, 0.15) is 5.82 Å². The molecule has 1 saturated heterocycles. The predicted molar refractivity (Wildman–Crippen MR) is 87.0 cm³/mol. The van der Waals surface area contributed by atoms with Gasteiger partial charge in [0.05, 0.1) is 10.6 Å². The molecular weight excluding hydrogens is 319 g/mol. The molecule has 116 valence electrons. The first-order valence-corrected chi connectivity index (χ1v) is 7.40. The number of aliphatic imine (C=N–C) groups is 1. The van der Waals surface area contributed by atoms with E-state index in [0.717, 1.165) is 11.8 Å². The normalized spacial score (nSPS) is 17.7. The van der Waals surface area contributed by atoms with E-state index in [2.05, 4.69) is 10.3 Å². The smallest absolute Gasteiger partial charge is 0.264 e. The summed E-state index contributed by atoms with van der Waals surface area (Å²) >= 11 is 1.14. The third kappa shape index (κ3) is 3.51. The summed E-state index contributed by atoms with van der Waals surface area (Å²) in [5, 5.41) is 21.7. The number of aromatic hydroxyl groups is 2. The Morgan fingerprint density at radius 3 is 2.52 bits per heavy atom. The van der Waals surface area contributed by atoms with Crippen molar-refractivity contribution in [2.75, 3.05) is 0 Å². The van der Waals surface area contributed by atoms with Crippen molar-refractivity contribution in [3.05, 3.63) is 58.8 Å². The van der Waals surface area contributed by atoms with Crippen LogP contribution in [0.4, 0.5) is 10.1 Å².